The van der Waals surface area contributed by atoms with Crippen LogP contribution in [0.5, 0.6) is 0 Å². The molecule has 2 aromatic heterocycles. The smallest absolute Gasteiger partial charge is 0.239 e. The molecule has 0 amide bonds. The normalized spacial score (nSPS) is 11.3. The molecule has 92 valence electrons. The summed E-state index contributed by atoms with van der Waals surface area (Å²) in [6.45, 7) is 4.46. The van der Waals surface area contributed by atoms with Crippen molar-refractivity contribution >= 4 is 39.3 Å². The first kappa shape index (κ1) is 12.6. The summed E-state index contributed by atoms with van der Waals surface area (Å²) in [5.74, 6) is 7.66. The zero-order valence-electron chi connectivity index (χ0n) is 9.93. The van der Waals surface area contributed by atoms with E-state index in [4.69, 9.17) is 5.84 Å². The Morgan fingerprint density at radius 1 is 1.47 bits per heavy atom. The van der Waals surface area contributed by atoms with E-state index in [0.29, 0.717) is 5.95 Å². The van der Waals surface area contributed by atoms with Crippen molar-refractivity contribution in [1.82, 2.24) is 9.97 Å². The largest absolute Gasteiger partial charge is 0.292 e. The second kappa shape index (κ2) is 5.66. The van der Waals surface area contributed by atoms with Crippen LogP contribution in [0.2, 0.25) is 0 Å². The quantitative estimate of drug-likeness (QED) is 0.377. The highest BCUT2D eigenvalue weighted by atomic mass is 32.2. The molecule has 6 heteroatoms. The van der Waals surface area contributed by atoms with Gasteiger partial charge in [-0.15, -0.1) is 23.1 Å². The minimum Gasteiger partial charge on any atom is -0.292 e. The van der Waals surface area contributed by atoms with E-state index in [-0.39, 0.29) is 0 Å². The van der Waals surface area contributed by atoms with Crippen LogP contribution >= 0.6 is 23.1 Å². The monoisotopic (exact) mass is 268 g/mol. The Kier molecular flexibility index (Phi) is 4.20. The number of fused-ring (bicyclic) bond motifs is 1. The lowest BCUT2D eigenvalue weighted by molar-refractivity contribution is 0.632. The first-order valence-electron chi connectivity index (χ1n) is 5.55. The molecule has 2 rings (SSSR count). The SMILES string of the molecule is CC(C)CCSc1nc(NN)nc2sccc12. The van der Waals surface area contributed by atoms with Gasteiger partial charge in [0, 0.05) is 5.39 Å². The molecule has 3 N–H and O–H groups in total. The zero-order valence-corrected chi connectivity index (χ0v) is 11.6. The van der Waals surface area contributed by atoms with Crippen LogP contribution in [0.4, 0.5) is 5.95 Å². The summed E-state index contributed by atoms with van der Waals surface area (Å²) in [5, 5.41) is 4.18. The first-order chi connectivity index (χ1) is 8.20. The molecule has 0 saturated heterocycles. The fourth-order valence-corrected chi connectivity index (χ4v) is 3.48. The number of thiophene rings is 1. The van der Waals surface area contributed by atoms with Crippen LogP contribution < -0.4 is 11.3 Å². The van der Waals surface area contributed by atoms with Gasteiger partial charge in [-0.1, -0.05) is 13.8 Å². The van der Waals surface area contributed by atoms with E-state index < -0.39 is 0 Å². The number of hydrogen-bond acceptors (Lipinski definition) is 6. The van der Waals surface area contributed by atoms with Gasteiger partial charge in [0.05, 0.1) is 0 Å². The summed E-state index contributed by atoms with van der Waals surface area (Å²) < 4.78 is 0. The fraction of sp³-hybridized carbons (Fsp3) is 0.455. The second-order valence-corrected chi connectivity index (χ2v) is 6.15. The van der Waals surface area contributed by atoms with Crippen LogP contribution in [0.1, 0.15) is 20.3 Å². The Morgan fingerprint density at radius 2 is 2.29 bits per heavy atom. The average molecular weight is 268 g/mol. The van der Waals surface area contributed by atoms with Crippen LogP contribution in [0.3, 0.4) is 0 Å². The van der Waals surface area contributed by atoms with Gasteiger partial charge < -0.3 is 0 Å². The number of rotatable bonds is 5. The molecule has 0 fully saturated rings. The van der Waals surface area contributed by atoms with Gasteiger partial charge in [0.2, 0.25) is 5.95 Å². The molecule has 0 aliphatic heterocycles. The number of hydrogen-bond donors (Lipinski definition) is 2. The molecule has 0 aliphatic carbocycles. The third-order valence-electron chi connectivity index (χ3n) is 2.35. The number of nitrogen functional groups attached to an aromatic ring is 1. The molecule has 0 atom stereocenters. The lowest BCUT2D eigenvalue weighted by Gasteiger charge is -2.06. The predicted molar refractivity (Wildman–Crippen MR) is 75.4 cm³/mol. The van der Waals surface area contributed by atoms with Gasteiger partial charge in [-0.25, -0.2) is 15.8 Å². The zero-order chi connectivity index (χ0) is 12.3. The van der Waals surface area contributed by atoms with Crippen LogP contribution in [0.25, 0.3) is 10.2 Å². The highest BCUT2D eigenvalue weighted by Crippen LogP contribution is 2.30. The third-order valence-corrected chi connectivity index (χ3v) is 4.18. The van der Waals surface area contributed by atoms with Crippen LogP contribution in [0.15, 0.2) is 16.5 Å². The Balaban J connectivity index is 2.21. The Bertz CT molecular complexity index is 495. The van der Waals surface area contributed by atoms with Gasteiger partial charge in [-0.3, -0.25) is 5.43 Å². The molecule has 17 heavy (non-hydrogen) atoms. The van der Waals surface area contributed by atoms with Crippen molar-refractivity contribution in [3.05, 3.63) is 11.4 Å². The van der Waals surface area contributed by atoms with Gasteiger partial charge in [0.15, 0.2) is 0 Å². The van der Waals surface area contributed by atoms with Crippen LogP contribution in [0, 0.1) is 5.92 Å². The summed E-state index contributed by atoms with van der Waals surface area (Å²) in [6.07, 6.45) is 1.19. The highest BCUT2D eigenvalue weighted by molar-refractivity contribution is 7.99. The number of nitrogens with one attached hydrogen (secondary N) is 1. The minimum atomic E-state index is 0.493. The van der Waals surface area contributed by atoms with Gasteiger partial charge in [0.1, 0.15) is 9.86 Å². The Labute approximate surface area is 109 Å². The Morgan fingerprint density at radius 3 is 3.00 bits per heavy atom. The van der Waals surface area contributed by atoms with Crippen molar-refractivity contribution in [2.75, 3.05) is 11.2 Å². The van der Waals surface area contributed by atoms with E-state index in [1.807, 2.05) is 5.38 Å². The standard InChI is InChI=1S/C11H16N4S2/c1-7(2)3-5-16-9-8-4-6-17-10(8)14-11(13-9)15-12/h4,6-7H,3,5,12H2,1-2H3,(H,13,14,15). The molecule has 4 nitrogen and oxygen atoms in total. The topological polar surface area (TPSA) is 63.8 Å². The van der Waals surface area contributed by atoms with E-state index in [1.54, 1.807) is 23.1 Å². The molecule has 0 bridgehead atoms. The number of nitrogens with zero attached hydrogens (tertiary/aromatic N) is 2. The predicted octanol–water partition coefficient (Wildman–Crippen LogP) is 3.12. The number of thioether (sulfide) groups is 1. The van der Waals surface area contributed by atoms with Crippen molar-refractivity contribution in [3.63, 3.8) is 0 Å². The summed E-state index contributed by atoms with van der Waals surface area (Å²) >= 11 is 3.38. The van der Waals surface area contributed by atoms with Gasteiger partial charge in [-0.2, -0.15) is 0 Å². The summed E-state index contributed by atoms with van der Waals surface area (Å²) in [7, 11) is 0. The van der Waals surface area contributed by atoms with E-state index >= 15 is 0 Å². The number of aromatic nitrogens is 2. The number of anilines is 1. The third kappa shape index (κ3) is 3.08. The molecule has 2 aromatic rings. The van der Waals surface area contributed by atoms with Crippen molar-refractivity contribution in [3.8, 4) is 0 Å². The molecule has 0 saturated carbocycles. The maximum absolute atomic E-state index is 5.38. The number of nitrogens with two attached hydrogens (primary N) is 1. The number of hydrazine groups is 1. The van der Waals surface area contributed by atoms with E-state index in [2.05, 4.69) is 35.3 Å². The van der Waals surface area contributed by atoms with Crippen LogP contribution in [-0.4, -0.2) is 15.7 Å². The molecule has 0 aliphatic rings. The molecule has 0 radical (unpaired) electrons. The maximum atomic E-state index is 5.38. The van der Waals surface area contributed by atoms with Crippen molar-refractivity contribution in [1.29, 1.82) is 0 Å². The molecular formula is C11H16N4S2. The first-order valence-corrected chi connectivity index (χ1v) is 7.42. The second-order valence-electron chi connectivity index (χ2n) is 4.17. The summed E-state index contributed by atoms with van der Waals surface area (Å²) in [5.41, 5.74) is 2.52. The van der Waals surface area contributed by atoms with Crippen molar-refractivity contribution < 1.29 is 0 Å². The van der Waals surface area contributed by atoms with E-state index in [9.17, 15) is 0 Å². The minimum absolute atomic E-state index is 0.493. The Hall–Kier alpha value is -0.850. The highest BCUT2D eigenvalue weighted by Gasteiger charge is 2.09. The molecule has 0 aromatic carbocycles. The fourth-order valence-electron chi connectivity index (χ4n) is 1.39. The van der Waals surface area contributed by atoms with Crippen molar-refractivity contribution in [2.45, 2.75) is 25.3 Å². The van der Waals surface area contributed by atoms with Gasteiger partial charge in [-0.05, 0) is 29.5 Å². The lowest BCUT2D eigenvalue weighted by Crippen LogP contribution is -2.10. The van der Waals surface area contributed by atoms with E-state index in [1.165, 1.54) is 6.42 Å². The average Bonchev–Trinajstić information content (AvgIpc) is 2.76. The summed E-state index contributed by atoms with van der Waals surface area (Å²) in [4.78, 5) is 9.71. The maximum Gasteiger partial charge on any atom is 0.239 e. The lowest BCUT2D eigenvalue weighted by atomic mass is 10.2. The molecule has 0 spiro atoms. The molecule has 2 heterocycles. The van der Waals surface area contributed by atoms with E-state index in [0.717, 1.165) is 26.9 Å². The van der Waals surface area contributed by atoms with Crippen LogP contribution in [-0.2, 0) is 0 Å². The van der Waals surface area contributed by atoms with Gasteiger partial charge in [0.25, 0.3) is 0 Å². The van der Waals surface area contributed by atoms with Gasteiger partial charge >= 0.3 is 0 Å². The molecular weight excluding hydrogens is 252 g/mol. The van der Waals surface area contributed by atoms with Crippen molar-refractivity contribution in [2.24, 2.45) is 11.8 Å². The molecule has 0 unspecified atom stereocenters. The summed E-state index contributed by atoms with van der Waals surface area (Å²) in [6, 6.07) is 2.07.